The quantitative estimate of drug-likeness (QED) is 0.207. The van der Waals surface area contributed by atoms with Crippen molar-refractivity contribution in [3.63, 3.8) is 0 Å². The predicted molar refractivity (Wildman–Crippen MR) is 173 cm³/mol. The van der Waals surface area contributed by atoms with Gasteiger partial charge in [0.1, 0.15) is 0 Å². The number of hydrogen-bond acceptors (Lipinski definition) is 0. The van der Waals surface area contributed by atoms with Crippen LogP contribution in [0.1, 0.15) is 34.7 Å². The van der Waals surface area contributed by atoms with E-state index in [2.05, 4.69) is 152 Å². The molecular weight excluding hydrogens is 494 g/mol. The van der Waals surface area contributed by atoms with Crippen LogP contribution in [0.15, 0.2) is 151 Å². The first-order valence-corrected chi connectivity index (χ1v) is 14.3. The normalized spacial score (nSPS) is 18.7. The Labute approximate surface area is 240 Å². The van der Waals surface area contributed by atoms with Crippen molar-refractivity contribution >= 4 is 33.0 Å². The highest BCUT2D eigenvalue weighted by Crippen LogP contribution is 2.62. The Hall–Kier alpha value is -5.10. The molecule has 0 aliphatic heterocycles. The molecule has 3 aliphatic rings. The summed E-state index contributed by atoms with van der Waals surface area (Å²) in [6, 6.07) is 31.5. The second-order valence-electron chi connectivity index (χ2n) is 11.1. The van der Waals surface area contributed by atoms with Gasteiger partial charge in [-0.05, 0) is 101 Å². The van der Waals surface area contributed by atoms with Gasteiger partial charge in [-0.2, -0.15) is 0 Å². The molecule has 0 saturated heterocycles. The summed E-state index contributed by atoms with van der Waals surface area (Å²) in [7, 11) is 0. The molecule has 0 amide bonds. The smallest absolute Gasteiger partial charge is 0.0732 e. The number of para-hydroxylation sites is 1. The zero-order valence-electron chi connectivity index (χ0n) is 23.3. The molecule has 8 rings (SSSR count). The van der Waals surface area contributed by atoms with Crippen LogP contribution in [0, 0.1) is 6.92 Å². The van der Waals surface area contributed by atoms with Crippen LogP contribution in [0.4, 0.5) is 0 Å². The summed E-state index contributed by atoms with van der Waals surface area (Å²) >= 11 is 0. The summed E-state index contributed by atoms with van der Waals surface area (Å²) in [5.41, 5.74) is 18.0. The van der Waals surface area contributed by atoms with Gasteiger partial charge in [-0.15, -0.1) is 5.73 Å². The molecule has 1 aromatic heterocycles. The molecular formula is C40H29N. The van der Waals surface area contributed by atoms with Crippen molar-refractivity contribution in [2.24, 2.45) is 0 Å². The summed E-state index contributed by atoms with van der Waals surface area (Å²) in [6.45, 7) is 8.66. The van der Waals surface area contributed by atoms with Crippen molar-refractivity contribution in [1.82, 2.24) is 4.57 Å². The standard InChI is InChI=1S/C40H29N/c1-4-13-28-31-22-21-27(41-38-19-12-10-16-32(38)33-24-26(3)20-23-39(33)41)25-37(31)40(34(28)5-2)35-17-8-6-7-14-29(35)30-15-9-11-18-36(30)40/h4-7,9-25H,2H2,1,3H3/b13-4-. The van der Waals surface area contributed by atoms with Crippen LogP contribution in [0.2, 0.25) is 0 Å². The third kappa shape index (κ3) is 3.02. The van der Waals surface area contributed by atoms with Crippen LogP contribution in [0.25, 0.3) is 38.6 Å². The molecule has 0 saturated carbocycles. The fraction of sp³-hybridized carbons (Fsp3) is 0.0750. The Kier molecular flexibility index (Phi) is 5.04. The highest BCUT2D eigenvalue weighted by atomic mass is 15.0. The lowest BCUT2D eigenvalue weighted by Crippen LogP contribution is -2.27. The van der Waals surface area contributed by atoms with E-state index in [-0.39, 0.29) is 0 Å². The average Bonchev–Trinajstić information content (AvgIpc) is 3.47. The highest BCUT2D eigenvalue weighted by Gasteiger charge is 2.52. The van der Waals surface area contributed by atoms with Crippen molar-refractivity contribution in [2.45, 2.75) is 19.3 Å². The Bertz CT molecular complexity index is 2160. The number of aryl methyl sites for hydroxylation is 1. The summed E-state index contributed by atoms with van der Waals surface area (Å²) in [5, 5.41) is 2.56. The number of hydrogen-bond donors (Lipinski definition) is 0. The van der Waals surface area contributed by atoms with Crippen LogP contribution in [-0.4, -0.2) is 4.57 Å². The Morgan fingerprint density at radius 2 is 1.66 bits per heavy atom. The molecule has 0 bridgehead atoms. The van der Waals surface area contributed by atoms with Gasteiger partial charge in [0.25, 0.3) is 0 Å². The van der Waals surface area contributed by atoms with Gasteiger partial charge in [-0.3, -0.25) is 0 Å². The van der Waals surface area contributed by atoms with Gasteiger partial charge in [-0.1, -0.05) is 97.1 Å². The maximum Gasteiger partial charge on any atom is 0.0732 e. The van der Waals surface area contributed by atoms with Crippen molar-refractivity contribution < 1.29 is 0 Å². The maximum absolute atomic E-state index is 4.39. The van der Waals surface area contributed by atoms with Gasteiger partial charge in [0, 0.05) is 16.5 Å². The molecule has 0 radical (unpaired) electrons. The van der Waals surface area contributed by atoms with E-state index in [1.165, 1.54) is 77.6 Å². The fourth-order valence-corrected chi connectivity index (χ4v) is 7.50. The molecule has 4 aromatic carbocycles. The minimum Gasteiger partial charge on any atom is -0.309 e. The van der Waals surface area contributed by atoms with Gasteiger partial charge < -0.3 is 4.57 Å². The van der Waals surface area contributed by atoms with Crippen LogP contribution in [0.3, 0.4) is 0 Å². The van der Waals surface area contributed by atoms with E-state index in [0.717, 1.165) is 0 Å². The molecule has 194 valence electrons. The van der Waals surface area contributed by atoms with Crippen LogP contribution >= 0.6 is 0 Å². The van der Waals surface area contributed by atoms with Crippen LogP contribution in [0.5, 0.6) is 0 Å². The molecule has 5 aromatic rings. The monoisotopic (exact) mass is 523 g/mol. The molecule has 1 unspecified atom stereocenters. The van der Waals surface area contributed by atoms with Crippen molar-refractivity contribution in [2.75, 3.05) is 0 Å². The van der Waals surface area contributed by atoms with E-state index in [1.54, 1.807) is 0 Å². The van der Waals surface area contributed by atoms with Gasteiger partial charge in [0.2, 0.25) is 0 Å². The molecule has 1 heteroatoms. The predicted octanol–water partition coefficient (Wildman–Crippen LogP) is 9.96. The van der Waals surface area contributed by atoms with Crippen molar-refractivity contribution in [3.05, 3.63) is 179 Å². The minimum absolute atomic E-state index is 0.473. The first-order valence-electron chi connectivity index (χ1n) is 14.3. The van der Waals surface area contributed by atoms with E-state index in [1.807, 2.05) is 6.08 Å². The summed E-state index contributed by atoms with van der Waals surface area (Å²) in [6.07, 6.45) is 15.0. The molecule has 1 atom stereocenters. The Morgan fingerprint density at radius 1 is 0.829 bits per heavy atom. The second-order valence-corrected chi connectivity index (χ2v) is 11.1. The third-order valence-corrected chi connectivity index (χ3v) is 9.01. The topological polar surface area (TPSA) is 4.93 Å². The summed E-state index contributed by atoms with van der Waals surface area (Å²) in [4.78, 5) is 0. The molecule has 0 fully saturated rings. The zero-order valence-corrected chi connectivity index (χ0v) is 23.3. The minimum atomic E-state index is -0.473. The molecule has 1 heterocycles. The Morgan fingerprint density at radius 3 is 2.54 bits per heavy atom. The number of fused-ring (bicyclic) bond motifs is 9. The maximum atomic E-state index is 4.39. The highest BCUT2D eigenvalue weighted by molar-refractivity contribution is 6.09. The average molecular weight is 524 g/mol. The summed E-state index contributed by atoms with van der Waals surface area (Å²) in [5.74, 6) is 0. The molecule has 3 aliphatic carbocycles. The van der Waals surface area contributed by atoms with Gasteiger partial charge in [0.05, 0.1) is 16.4 Å². The zero-order chi connectivity index (χ0) is 27.7. The first-order chi connectivity index (χ1) is 20.2. The third-order valence-electron chi connectivity index (χ3n) is 9.01. The van der Waals surface area contributed by atoms with Crippen molar-refractivity contribution in [1.29, 1.82) is 0 Å². The van der Waals surface area contributed by atoms with Gasteiger partial charge >= 0.3 is 0 Å². The molecule has 0 N–H and O–H groups in total. The Balaban J connectivity index is 1.51. The molecule has 1 nitrogen and oxygen atoms in total. The lowest BCUT2D eigenvalue weighted by Gasteiger charge is -2.32. The van der Waals surface area contributed by atoms with Crippen LogP contribution in [-0.2, 0) is 5.41 Å². The molecule has 1 spiro atoms. The number of rotatable bonds is 3. The van der Waals surface area contributed by atoms with E-state index < -0.39 is 5.41 Å². The van der Waals surface area contributed by atoms with E-state index >= 15 is 0 Å². The SMILES string of the molecule is C=CC1=C(/C=C\C)c2ccc(-n3c4ccccc4c4cc(C)ccc43)cc2C12C1=C(C=CC=C=C1)c1ccccc12. The lowest BCUT2D eigenvalue weighted by molar-refractivity contribution is 0.778. The largest absolute Gasteiger partial charge is 0.309 e. The number of allylic oxidation sites excluding steroid dienone is 10. The summed E-state index contributed by atoms with van der Waals surface area (Å²) < 4.78 is 2.43. The lowest BCUT2D eigenvalue weighted by atomic mass is 9.68. The van der Waals surface area contributed by atoms with Crippen LogP contribution < -0.4 is 0 Å². The van der Waals surface area contributed by atoms with E-state index in [9.17, 15) is 0 Å². The van der Waals surface area contributed by atoms with Gasteiger partial charge in [-0.25, -0.2) is 0 Å². The van der Waals surface area contributed by atoms with Gasteiger partial charge in [0.15, 0.2) is 0 Å². The number of nitrogens with zero attached hydrogens (tertiary/aromatic N) is 1. The number of benzene rings is 4. The van der Waals surface area contributed by atoms with Crippen molar-refractivity contribution in [3.8, 4) is 5.69 Å². The van der Waals surface area contributed by atoms with E-state index in [4.69, 9.17) is 0 Å². The molecule has 41 heavy (non-hydrogen) atoms. The van der Waals surface area contributed by atoms with E-state index in [0.29, 0.717) is 0 Å². The number of aromatic nitrogens is 1. The second kappa shape index (κ2) is 8.70. The first kappa shape index (κ1) is 23.8. The fourth-order valence-electron chi connectivity index (χ4n) is 7.50.